The number of hydrogen-bond donors (Lipinski definition) is 1. The number of amides is 1. The third-order valence-electron chi connectivity index (χ3n) is 2.73. The number of carbonyl (C=O) groups is 1. The van der Waals surface area contributed by atoms with Crippen LogP contribution >= 0.6 is 0 Å². The average Bonchev–Trinajstić information content (AvgIpc) is 2.84. The van der Waals surface area contributed by atoms with Crippen molar-refractivity contribution >= 4 is 6.09 Å². The van der Waals surface area contributed by atoms with Crippen LogP contribution in [0.5, 0.6) is 0 Å². The number of hydrogen-bond acceptors (Lipinski definition) is 3. The number of rotatable bonds is 4. The lowest BCUT2D eigenvalue weighted by Crippen LogP contribution is -2.27. The van der Waals surface area contributed by atoms with Crippen molar-refractivity contribution in [2.75, 3.05) is 0 Å². The van der Waals surface area contributed by atoms with Crippen LogP contribution in [-0.2, 0) is 18.4 Å². The topological polar surface area (TPSA) is 56.1 Å². The van der Waals surface area contributed by atoms with Crippen LogP contribution in [0.25, 0.3) is 0 Å². The van der Waals surface area contributed by atoms with Crippen LogP contribution in [0.15, 0.2) is 42.6 Å². The quantitative estimate of drug-likeness (QED) is 0.917. The first-order valence-electron chi connectivity index (χ1n) is 6.12. The van der Waals surface area contributed by atoms with E-state index >= 15 is 0 Å². The Morgan fingerprint density at radius 3 is 2.74 bits per heavy atom. The molecule has 5 nitrogen and oxygen atoms in total. The smallest absolute Gasteiger partial charge is 0.407 e. The first-order valence-corrected chi connectivity index (χ1v) is 6.12. The molecule has 1 unspecified atom stereocenters. The highest BCUT2D eigenvalue weighted by molar-refractivity contribution is 5.67. The summed E-state index contributed by atoms with van der Waals surface area (Å²) in [4.78, 5) is 11.6. The highest BCUT2D eigenvalue weighted by Crippen LogP contribution is 2.09. The molecule has 1 atom stereocenters. The van der Waals surface area contributed by atoms with Gasteiger partial charge in [0.05, 0.1) is 11.7 Å². The fourth-order valence-electron chi connectivity index (χ4n) is 1.68. The van der Waals surface area contributed by atoms with Crippen LogP contribution < -0.4 is 5.32 Å². The minimum Gasteiger partial charge on any atom is -0.445 e. The summed E-state index contributed by atoms with van der Waals surface area (Å²) in [5, 5.41) is 6.97. The molecule has 0 radical (unpaired) electrons. The molecule has 1 aromatic heterocycles. The Hall–Kier alpha value is -2.30. The molecule has 0 aliphatic carbocycles. The molecule has 0 saturated heterocycles. The lowest BCUT2D eigenvalue weighted by atomic mass is 10.2. The molecule has 1 aromatic carbocycles. The first kappa shape index (κ1) is 13.1. The van der Waals surface area contributed by atoms with Gasteiger partial charge in [-0.05, 0) is 18.6 Å². The Morgan fingerprint density at radius 1 is 1.37 bits per heavy atom. The zero-order valence-corrected chi connectivity index (χ0v) is 11.0. The van der Waals surface area contributed by atoms with Crippen molar-refractivity contribution in [2.24, 2.45) is 7.05 Å². The van der Waals surface area contributed by atoms with E-state index in [1.165, 1.54) is 0 Å². The number of aryl methyl sites for hydroxylation is 1. The summed E-state index contributed by atoms with van der Waals surface area (Å²) in [6.07, 6.45) is 1.39. The van der Waals surface area contributed by atoms with E-state index in [9.17, 15) is 4.79 Å². The van der Waals surface area contributed by atoms with Gasteiger partial charge in [0.25, 0.3) is 0 Å². The SMILES string of the molecule is CC(NC(=O)OCc1ccccc1)c1ccn(C)n1. The maximum atomic E-state index is 11.6. The molecule has 0 saturated carbocycles. The second-order valence-electron chi connectivity index (χ2n) is 4.34. The number of nitrogens with zero attached hydrogens (tertiary/aromatic N) is 2. The number of nitrogens with one attached hydrogen (secondary N) is 1. The molecule has 100 valence electrons. The van der Waals surface area contributed by atoms with Crippen LogP contribution in [0.1, 0.15) is 24.2 Å². The van der Waals surface area contributed by atoms with Crippen molar-refractivity contribution in [3.8, 4) is 0 Å². The van der Waals surface area contributed by atoms with Gasteiger partial charge in [0, 0.05) is 13.2 Å². The number of aromatic nitrogens is 2. The van der Waals surface area contributed by atoms with E-state index in [0.29, 0.717) is 0 Å². The highest BCUT2D eigenvalue weighted by Gasteiger charge is 2.12. The summed E-state index contributed by atoms with van der Waals surface area (Å²) in [5.41, 5.74) is 1.77. The van der Waals surface area contributed by atoms with Crippen LogP contribution in [0.2, 0.25) is 0 Å². The Bertz CT molecular complexity index is 537. The highest BCUT2D eigenvalue weighted by atomic mass is 16.5. The summed E-state index contributed by atoms with van der Waals surface area (Å²) in [7, 11) is 1.84. The lowest BCUT2D eigenvalue weighted by molar-refractivity contribution is 0.136. The maximum Gasteiger partial charge on any atom is 0.407 e. The van der Waals surface area contributed by atoms with Gasteiger partial charge in [0.1, 0.15) is 6.61 Å². The molecule has 1 amide bonds. The molecular weight excluding hydrogens is 242 g/mol. The summed E-state index contributed by atoms with van der Waals surface area (Å²) >= 11 is 0. The van der Waals surface area contributed by atoms with E-state index < -0.39 is 6.09 Å². The van der Waals surface area contributed by atoms with Crippen molar-refractivity contribution < 1.29 is 9.53 Å². The molecular formula is C14H17N3O2. The molecule has 1 N–H and O–H groups in total. The Balaban J connectivity index is 1.81. The predicted octanol–water partition coefficient (Wildman–Crippen LogP) is 2.41. The summed E-state index contributed by atoms with van der Waals surface area (Å²) in [6.45, 7) is 2.13. The normalized spacial score (nSPS) is 11.9. The van der Waals surface area contributed by atoms with Gasteiger partial charge in [-0.1, -0.05) is 30.3 Å². The fourth-order valence-corrected chi connectivity index (χ4v) is 1.68. The zero-order chi connectivity index (χ0) is 13.7. The van der Waals surface area contributed by atoms with E-state index in [1.54, 1.807) is 4.68 Å². The number of alkyl carbamates (subject to hydrolysis) is 1. The van der Waals surface area contributed by atoms with Gasteiger partial charge in [-0.25, -0.2) is 4.79 Å². The fraction of sp³-hybridized carbons (Fsp3) is 0.286. The third-order valence-corrected chi connectivity index (χ3v) is 2.73. The van der Waals surface area contributed by atoms with Gasteiger partial charge in [-0.2, -0.15) is 5.10 Å². The van der Waals surface area contributed by atoms with Gasteiger partial charge in [0.15, 0.2) is 0 Å². The van der Waals surface area contributed by atoms with E-state index in [1.807, 2.05) is 56.6 Å². The van der Waals surface area contributed by atoms with Crippen molar-refractivity contribution in [1.82, 2.24) is 15.1 Å². The van der Waals surface area contributed by atoms with Crippen LogP contribution in [0.4, 0.5) is 4.79 Å². The lowest BCUT2D eigenvalue weighted by Gasteiger charge is -2.11. The van der Waals surface area contributed by atoms with E-state index in [2.05, 4.69) is 10.4 Å². The number of benzene rings is 1. The molecule has 0 aliphatic rings. The second kappa shape index (κ2) is 6.04. The van der Waals surface area contributed by atoms with Gasteiger partial charge in [0.2, 0.25) is 0 Å². The van der Waals surface area contributed by atoms with Gasteiger partial charge >= 0.3 is 6.09 Å². The van der Waals surface area contributed by atoms with Crippen molar-refractivity contribution in [1.29, 1.82) is 0 Å². The first-order chi connectivity index (χ1) is 9.15. The summed E-state index contributed by atoms with van der Waals surface area (Å²) < 4.78 is 6.84. The number of carbonyl (C=O) groups excluding carboxylic acids is 1. The zero-order valence-electron chi connectivity index (χ0n) is 11.0. The summed E-state index contributed by atoms with van der Waals surface area (Å²) in [5.74, 6) is 0. The van der Waals surface area contributed by atoms with Gasteiger partial charge in [-0.3, -0.25) is 4.68 Å². The number of ether oxygens (including phenoxy) is 1. The van der Waals surface area contributed by atoms with Crippen molar-refractivity contribution in [2.45, 2.75) is 19.6 Å². The van der Waals surface area contributed by atoms with Crippen LogP contribution in [0.3, 0.4) is 0 Å². The molecule has 0 aliphatic heterocycles. The standard InChI is InChI=1S/C14H17N3O2/c1-11(13-8-9-17(2)16-13)15-14(18)19-10-12-6-4-3-5-7-12/h3-9,11H,10H2,1-2H3,(H,15,18). The molecule has 0 bridgehead atoms. The van der Waals surface area contributed by atoms with Crippen LogP contribution in [-0.4, -0.2) is 15.9 Å². The molecule has 0 spiro atoms. The molecule has 2 aromatic rings. The second-order valence-corrected chi connectivity index (χ2v) is 4.34. The Kier molecular flexibility index (Phi) is 4.18. The van der Waals surface area contributed by atoms with E-state index in [-0.39, 0.29) is 12.6 Å². The molecule has 5 heteroatoms. The maximum absolute atomic E-state index is 11.6. The Labute approximate surface area is 112 Å². The minimum absolute atomic E-state index is 0.176. The van der Waals surface area contributed by atoms with E-state index in [0.717, 1.165) is 11.3 Å². The minimum atomic E-state index is -0.443. The monoisotopic (exact) mass is 259 g/mol. The van der Waals surface area contributed by atoms with Crippen molar-refractivity contribution in [3.63, 3.8) is 0 Å². The van der Waals surface area contributed by atoms with Crippen LogP contribution in [0, 0.1) is 0 Å². The average molecular weight is 259 g/mol. The molecule has 2 rings (SSSR count). The molecule has 1 heterocycles. The van der Waals surface area contributed by atoms with Crippen molar-refractivity contribution in [3.05, 3.63) is 53.9 Å². The van der Waals surface area contributed by atoms with E-state index in [4.69, 9.17) is 4.74 Å². The Morgan fingerprint density at radius 2 is 2.11 bits per heavy atom. The molecule has 19 heavy (non-hydrogen) atoms. The predicted molar refractivity (Wildman–Crippen MR) is 71.4 cm³/mol. The third kappa shape index (κ3) is 3.84. The summed E-state index contributed by atoms with van der Waals surface area (Å²) in [6, 6.07) is 11.3. The molecule has 0 fully saturated rings. The largest absolute Gasteiger partial charge is 0.445 e. The van der Waals surface area contributed by atoms with Gasteiger partial charge < -0.3 is 10.1 Å². The van der Waals surface area contributed by atoms with Gasteiger partial charge in [-0.15, -0.1) is 0 Å².